The fraction of sp³-hybridized carbons (Fsp3) is 0.941. The van der Waals surface area contributed by atoms with Gasteiger partial charge in [0.15, 0.2) is 0 Å². The Morgan fingerprint density at radius 1 is 0.950 bits per heavy atom. The summed E-state index contributed by atoms with van der Waals surface area (Å²) in [6.07, 6.45) is 12.6. The lowest BCUT2D eigenvalue weighted by Crippen LogP contribution is -2.58. The van der Waals surface area contributed by atoms with Crippen LogP contribution in [0.5, 0.6) is 0 Å². The Morgan fingerprint density at radius 3 is 1.95 bits per heavy atom. The number of unbranched alkanes of at least 4 members (excludes halogenated alkanes) is 8. The Balaban J connectivity index is 1.93. The largest absolute Gasteiger partial charge is 0.337 e. The maximum atomic E-state index is 12.1. The number of amides is 1. The van der Waals surface area contributed by atoms with Gasteiger partial charge in [-0.15, -0.1) is 0 Å². The third-order valence-electron chi connectivity index (χ3n) is 4.36. The number of carbonyl (C=O) groups excluding carboxylic acids is 1. The quantitative estimate of drug-likeness (QED) is 0.553. The van der Waals surface area contributed by atoms with Crippen molar-refractivity contribution in [3.8, 4) is 0 Å². The van der Waals surface area contributed by atoms with Gasteiger partial charge in [0, 0.05) is 26.1 Å². The molecule has 1 heterocycles. The molecule has 1 aliphatic rings. The molecule has 3 nitrogen and oxygen atoms in total. The Labute approximate surface area is 125 Å². The molecular weight excluding hydrogens is 248 g/mol. The molecular formula is C17H34N2O. The fourth-order valence-electron chi connectivity index (χ4n) is 2.86. The van der Waals surface area contributed by atoms with Crippen molar-refractivity contribution in [3.63, 3.8) is 0 Å². The van der Waals surface area contributed by atoms with Crippen molar-refractivity contribution in [1.29, 1.82) is 0 Å². The number of hydrogen-bond donors (Lipinski definition) is 1. The zero-order chi connectivity index (χ0) is 14.6. The molecule has 0 aromatic rings. The van der Waals surface area contributed by atoms with Gasteiger partial charge >= 0.3 is 0 Å². The van der Waals surface area contributed by atoms with Crippen LogP contribution in [0.1, 0.15) is 78.1 Å². The van der Waals surface area contributed by atoms with E-state index in [-0.39, 0.29) is 0 Å². The standard InChI is InChI=1S/C17H34N2O/c1-3-5-6-7-8-9-10-11-12-13-17(20)19(4-2)16-14-18-15-16/h16,18H,3-15H2,1-2H3. The van der Waals surface area contributed by atoms with Crippen LogP contribution in [0.3, 0.4) is 0 Å². The summed E-state index contributed by atoms with van der Waals surface area (Å²) in [6, 6.07) is 0.464. The summed E-state index contributed by atoms with van der Waals surface area (Å²) < 4.78 is 0. The monoisotopic (exact) mass is 282 g/mol. The minimum atomic E-state index is 0.363. The molecule has 0 radical (unpaired) electrons. The van der Waals surface area contributed by atoms with Gasteiger partial charge in [-0.3, -0.25) is 4.79 Å². The van der Waals surface area contributed by atoms with E-state index < -0.39 is 0 Å². The Hall–Kier alpha value is -0.570. The van der Waals surface area contributed by atoms with Crippen LogP contribution in [-0.2, 0) is 4.79 Å². The highest BCUT2D eigenvalue weighted by atomic mass is 16.2. The van der Waals surface area contributed by atoms with Crippen molar-refractivity contribution in [2.24, 2.45) is 0 Å². The van der Waals surface area contributed by atoms with E-state index in [0.29, 0.717) is 11.9 Å². The Morgan fingerprint density at radius 2 is 1.50 bits per heavy atom. The fourth-order valence-corrected chi connectivity index (χ4v) is 2.86. The molecule has 1 amide bonds. The van der Waals surface area contributed by atoms with E-state index in [4.69, 9.17) is 0 Å². The van der Waals surface area contributed by atoms with Crippen LogP contribution in [0.4, 0.5) is 0 Å². The number of carbonyl (C=O) groups is 1. The van der Waals surface area contributed by atoms with Crippen LogP contribution in [0.15, 0.2) is 0 Å². The SMILES string of the molecule is CCCCCCCCCCCC(=O)N(CC)C1CNC1. The van der Waals surface area contributed by atoms with E-state index >= 15 is 0 Å². The molecule has 0 unspecified atom stereocenters. The molecule has 0 aliphatic carbocycles. The van der Waals surface area contributed by atoms with Gasteiger partial charge in [0.25, 0.3) is 0 Å². The normalized spacial score (nSPS) is 15.1. The molecule has 118 valence electrons. The van der Waals surface area contributed by atoms with Crippen molar-refractivity contribution in [2.75, 3.05) is 19.6 Å². The zero-order valence-electron chi connectivity index (χ0n) is 13.6. The first-order chi connectivity index (χ1) is 9.79. The molecule has 0 spiro atoms. The van der Waals surface area contributed by atoms with Crippen molar-refractivity contribution >= 4 is 5.91 Å². The smallest absolute Gasteiger partial charge is 0.222 e. The van der Waals surface area contributed by atoms with Crippen molar-refractivity contribution in [3.05, 3.63) is 0 Å². The summed E-state index contributed by atoms with van der Waals surface area (Å²) in [5.74, 6) is 0.363. The predicted molar refractivity (Wildman–Crippen MR) is 85.9 cm³/mol. The second kappa shape index (κ2) is 11.1. The van der Waals surface area contributed by atoms with Crippen LogP contribution in [-0.4, -0.2) is 36.5 Å². The first kappa shape index (κ1) is 17.5. The lowest BCUT2D eigenvalue weighted by Gasteiger charge is -2.37. The molecule has 3 heteroatoms. The number of likely N-dealkylation sites (N-methyl/N-ethyl adjacent to an activating group) is 1. The van der Waals surface area contributed by atoms with E-state index in [2.05, 4.69) is 24.1 Å². The highest BCUT2D eigenvalue weighted by Gasteiger charge is 2.26. The van der Waals surface area contributed by atoms with E-state index in [0.717, 1.165) is 32.5 Å². The first-order valence-corrected chi connectivity index (χ1v) is 8.79. The van der Waals surface area contributed by atoms with E-state index in [1.54, 1.807) is 0 Å². The topological polar surface area (TPSA) is 32.3 Å². The van der Waals surface area contributed by atoms with Gasteiger partial charge in [0.2, 0.25) is 5.91 Å². The zero-order valence-corrected chi connectivity index (χ0v) is 13.6. The van der Waals surface area contributed by atoms with E-state index in [9.17, 15) is 4.79 Å². The third kappa shape index (κ3) is 6.74. The highest BCUT2D eigenvalue weighted by molar-refractivity contribution is 5.76. The average Bonchev–Trinajstić information content (AvgIpc) is 2.40. The summed E-state index contributed by atoms with van der Waals surface area (Å²) >= 11 is 0. The van der Waals surface area contributed by atoms with Crippen LogP contribution in [0.25, 0.3) is 0 Å². The van der Waals surface area contributed by atoms with Gasteiger partial charge < -0.3 is 10.2 Å². The van der Waals surface area contributed by atoms with Gasteiger partial charge in [-0.1, -0.05) is 58.3 Å². The lowest BCUT2D eigenvalue weighted by atomic mass is 10.1. The molecule has 20 heavy (non-hydrogen) atoms. The molecule has 1 saturated heterocycles. The lowest BCUT2D eigenvalue weighted by molar-refractivity contribution is -0.134. The van der Waals surface area contributed by atoms with Gasteiger partial charge in [-0.25, -0.2) is 0 Å². The van der Waals surface area contributed by atoms with Gasteiger partial charge in [0.1, 0.15) is 0 Å². The van der Waals surface area contributed by atoms with Crippen LogP contribution in [0.2, 0.25) is 0 Å². The minimum absolute atomic E-state index is 0.363. The Kier molecular flexibility index (Phi) is 9.73. The van der Waals surface area contributed by atoms with Crippen LogP contribution < -0.4 is 5.32 Å². The van der Waals surface area contributed by atoms with Gasteiger partial charge in [-0.05, 0) is 13.3 Å². The van der Waals surface area contributed by atoms with E-state index in [1.165, 1.54) is 51.4 Å². The Bertz CT molecular complexity index is 251. The minimum Gasteiger partial charge on any atom is -0.337 e. The number of nitrogens with zero attached hydrogens (tertiary/aromatic N) is 1. The predicted octanol–water partition coefficient (Wildman–Crippen LogP) is 3.73. The number of nitrogens with one attached hydrogen (secondary N) is 1. The summed E-state index contributed by atoms with van der Waals surface area (Å²) in [7, 11) is 0. The maximum absolute atomic E-state index is 12.1. The molecule has 0 atom stereocenters. The summed E-state index contributed by atoms with van der Waals surface area (Å²) in [5, 5.41) is 3.24. The van der Waals surface area contributed by atoms with Crippen LogP contribution in [0, 0.1) is 0 Å². The second-order valence-corrected chi connectivity index (χ2v) is 6.07. The summed E-state index contributed by atoms with van der Waals surface area (Å²) in [6.45, 7) is 7.18. The van der Waals surface area contributed by atoms with Crippen molar-refractivity contribution < 1.29 is 4.79 Å². The molecule has 1 N–H and O–H groups in total. The van der Waals surface area contributed by atoms with Gasteiger partial charge in [-0.2, -0.15) is 0 Å². The van der Waals surface area contributed by atoms with Crippen molar-refractivity contribution in [2.45, 2.75) is 84.1 Å². The van der Waals surface area contributed by atoms with Crippen molar-refractivity contribution in [1.82, 2.24) is 10.2 Å². The molecule has 0 saturated carbocycles. The molecule has 0 aromatic heterocycles. The highest BCUT2D eigenvalue weighted by Crippen LogP contribution is 2.13. The number of rotatable bonds is 12. The number of hydrogen-bond acceptors (Lipinski definition) is 2. The molecule has 0 bridgehead atoms. The van der Waals surface area contributed by atoms with E-state index in [1.807, 2.05) is 0 Å². The molecule has 1 fully saturated rings. The molecule has 1 aliphatic heterocycles. The summed E-state index contributed by atoms with van der Waals surface area (Å²) in [4.78, 5) is 14.2. The summed E-state index contributed by atoms with van der Waals surface area (Å²) in [5.41, 5.74) is 0. The maximum Gasteiger partial charge on any atom is 0.222 e. The second-order valence-electron chi connectivity index (χ2n) is 6.07. The van der Waals surface area contributed by atoms with Crippen LogP contribution >= 0.6 is 0 Å². The molecule has 0 aromatic carbocycles. The average molecular weight is 282 g/mol. The first-order valence-electron chi connectivity index (χ1n) is 8.79. The van der Waals surface area contributed by atoms with Gasteiger partial charge in [0.05, 0.1) is 6.04 Å². The molecule has 1 rings (SSSR count). The third-order valence-corrected chi connectivity index (χ3v) is 4.36.